The van der Waals surface area contributed by atoms with Gasteiger partial charge in [0, 0.05) is 28.3 Å². The molecule has 25 heavy (non-hydrogen) atoms. The summed E-state index contributed by atoms with van der Waals surface area (Å²) in [5, 5.41) is 2.74. The van der Waals surface area contributed by atoms with Gasteiger partial charge in [0.05, 0.1) is 5.57 Å². The van der Waals surface area contributed by atoms with Gasteiger partial charge in [-0.05, 0) is 30.9 Å². The third kappa shape index (κ3) is 3.79. The quantitative estimate of drug-likeness (QED) is 0.575. The molecule has 6 nitrogen and oxygen atoms in total. The molecule has 0 fully saturated rings. The topological polar surface area (TPSA) is 73.9 Å². The van der Waals surface area contributed by atoms with Gasteiger partial charge in [0.2, 0.25) is 12.7 Å². The van der Waals surface area contributed by atoms with Crippen LogP contribution in [0, 0.1) is 0 Å². The van der Waals surface area contributed by atoms with E-state index < -0.39 is 11.9 Å². The zero-order chi connectivity index (χ0) is 18.0. The molecule has 0 aromatic heterocycles. The maximum Gasteiger partial charge on any atom is 0.336 e. The summed E-state index contributed by atoms with van der Waals surface area (Å²) in [5.74, 6) is 1.04. The summed E-state index contributed by atoms with van der Waals surface area (Å²) < 4.78 is 16.9. The molecule has 0 saturated heterocycles. The van der Waals surface area contributed by atoms with Crippen LogP contribution >= 0.6 is 27.7 Å². The summed E-state index contributed by atoms with van der Waals surface area (Å²) in [6.45, 7) is 2.21. The zero-order valence-electron chi connectivity index (χ0n) is 13.9. The number of rotatable bonds is 5. The minimum atomic E-state index is -0.403. The number of carbonyl (C=O) groups is 2. The van der Waals surface area contributed by atoms with E-state index in [0.29, 0.717) is 29.4 Å². The van der Waals surface area contributed by atoms with Crippen LogP contribution in [0.25, 0.3) is 0 Å². The molecule has 0 saturated carbocycles. The fraction of sp³-hybridized carbons (Fsp3) is 0.412. The van der Waals surface area contributed by atoms with Gasteiger partial charge < -0.3 is 19.5 Å². The van der Waals surface area contributed by atoms with Crippen LogP contribution in [0.5, 0.6) is 11.5 Å². The van der Waals surface area contributed by atoms with E-state index in [4.69, 9.17) is 14.2 Å². The number of thioether (sulfide) groups is 1. The van der Waals surface area contributed by atoms with Gasteiger partial charge in [0.25, 0.3) is 0 Å². The lowest BCUT2D eigenvalue weighted by Crippen LogP contribution is -2.34. The number of hydrogen-bond donors (Lipinski definition) is 1. The number of allylic oxidation sites excluding steroid dienone is 1. The summed E-state index contributed by atoms with van der Waals surface area (Å²) >= 11 is 5.12. The van der Waals surface area contributed by atoms with Gasteiger partial charge in [-0.3, -0.25) is 4.79 Å². The minimum absolute atomic E-state index is 0.132. The second-order valence-corrected chi connectivity index (χ2v) is 7.54. The Morgan fingerprint density at radius 3 is 2.84 bits per heavy atom. The first-order valence-electron chi connectivity index (χ1n) is 7.77. The van der Waals surface area contributed by atoms with Crippen molar-refractivity contribution in [1.82, 2.24) is 5.32 Å². The van der Waals surface area contributed by atoms with Crippen molar-refractivity contribution in [1.29, 1.82) is 0 Å². The average Bonchev–Trinajstić information content (AvgIpc) is 3.00. The molecule has 1 aromatic rings. The third-order valence-electron chi connectivity index (χ3n) is 4.08. The van der Waals surface area contributed by atoms with Crippen molar-refractivity contribution >= 4 is 39.6 Å². The highest BCUT2D eigenvalue weighted by molar-refractivity contribution is 9.10. The fourth-order valence-electron chi connectivity index (χ4n) is 2.93. The number of halogens is 1. The predicted octanol–water partition coefficient (Wildman–Crippen LogP) is 2.96. The number of esters is 1. The van der Waals surface area contributed by atoms with Crippen molar-refractivity contribution in [3.8, 4) is 11.5 Å². The molecule has 0 unspecified atom stereocenters. The minimum Gasteiger partial charge on any atom is -0.461 e. The third-order valence-corrected chi connectivity index (χ3v) is 5.34. The molecule has 1 atom stereocenters. The summed E-state index contributed by atoms with van der Waals surface area (Å²) in [5.41, 5.74) is 1.80. The SMILES string of the molecule is CSCCOC(=O)C1=C(C)NC(=O)C[C@H]1c1cc2c(cc1Br)OCO2. The van der Waals surface area contributed by atoms with E-state index in [9.17, 15) is 9.59 Å². The van der Waals surface area contributed by atoms with E-state index in [2.05, 4.69) is 21.2 Å². The Morgan fingerprint density at radius 1 is 1.40 bits per heavy atom. The van der Waals surface area contributed by atoms with Crippen molar-refractivity contribution in [3.05, 3.63) is 33.4 Å². The number of nitrogens with one attached hydrogen (secondary N) is 1. The number of ether oxygens (including phenoxy) is 3. The maximum atomic E-state index is 12.6. The van der Waals surface area contributed by atoms with Gasteiger partial charge in [-0.25, -0.2) is 4.79 Å². The Hall–Kier alpha value is -1.67. The van der Waals surface area contributed by atoms with E-state index in [0.717, 1.165) is 15.8 Å². The average molecular weight is 428 g/mol. The van der Waals surface area contributed by atoms with Gasteiger partial charge in [-0.1, -0.05) is 15.9 Å². The molecule has 2 aliphatic rings. The molecule has 2 heterocycles. The summed E-state index contributed by atoms with van der Waals surface area (Å²) in [6.07, 6.45) is 2.12. The van der Waals surface area contributed by atoms with Crippen molar-refractivity contribution in [2.45, 2.75) is 19.3 Å². The smallest absolute Gasteiger partial charge is 0.336 e. The fourth-order valence-corrected chi connectivity index (χ4v) is 3.78. The zero-order valence-corrected chi connectivity index (χ0v) is 16.3. The first kappa shape index (κ1) is 18.1. The summed E-state index contributed by atoms with van der Waals surface area (Å²) in [7, 11) is 0. The van der Waals surface area contributed by atoms with Gasteiger partial charge in [-0.2, -0.15) is 11.8 Å². The molecule has 134 valence electrons. The molecule has 8 heteroatoms. The van der Waals surface area contributed by atoms with Gasteiger partial charge in [0.15, 0.2) is 11.5 Å². The first-order chi connectivity index (χ1) is 12.0. The molecule has 0 bridgehead atoms. The summed E-state index contributed by atoms with van der Waals surface area (Å²) in [6, 6.07) is 3.62. The van der Waals surface area contributed by atoms with Crippen LogP contribution in [-0.2, 0) is 14.3 Å². The van der Waals surface area contributed by atoms with Gasteiger partial charge in [0.1, 0.15) is 6.61 Å². The van der Waals surface area contributed by atoms with E-state index in [1.54, 1.807) is 24.8 Å². The number of benzene rings is 1. The molecule has 0 radical (unpaired) electrons. The van der Waals surface area contributed by atoms with Crippen molar-refractivity contribution in [2.75, 3.05) is 25.4 Å². The highest BCUT2D eigenvalue weighted by atomic mass is 79.9. The highest BCUT2D eigenvalue weighted by Gasteiger charge is 2.35. The van der Waals surface area contributed by atoms with Crippen LogP contribution in [-0.4, -0.2) is 37.3 Å². The molecule has 1 N–H and O–H groups in total. The Kier molecular flexibility index (Phi) is 5.58. The van der Waals surface area contributed by atoms with E-state index >= 15 is 0 Å². The van der Waals surface area contributed by atoms with Crippen molar-refractivity contribution in [3.63, 3.8) is 0 Å². The first-order valence-corrected chi connectivity index (χ1v) is 9.95. The molecule has 0 spiro atoms. The lowest BCUT2D eigenvalue weighted by Gasteiger charge is -2.27. The lowest BCUT2D eigenvalue weighted by molar-refractivity contribution is -0.139. The molecule has 1 amide bonds. The molecular formula is C17H18BrNO5S. The van der Waals surface area contributed by atoms with Crippen LogP contribution in [0.3, 0.4) is 0 Å². The monoisotopic (exact) mass is 427 g/mol. The highest BCUT2D eigenvalue weighted by Crippen LogP contribution is 2.43. The number of fused-ring (bicyclic) bond motifs is 1. The Bertz CT molecular complexity index is 749. The normalized spacial score (nSPS) is 19.0. The van der Waals surface area contributed by atoms with Crippen molar-refractivity contribution < 1.29 is 23.8 Å². The predicted molar refractivity (Wildman–Crippen MR) is 97.8 cm³/mol. The molecule has 3 rings (SSSR count). The number of carbonyl (C=O) groups excluding carboxylic acids is 2. The van der Waals surface area contributed by atoms with E-state index in [1.165, 1.54) is 0 Å². The van der Waals surface area contributed by atoms with Crippen LogP contribution in [0.2, 0.25) is 0 Å². The Labute approximate surface area is 158 Å². The second-order valence-electron chi connectivity index (χ2n) is 5.70. The maximum absolute atomic E-state index is 12.6. The van der Waals surface area contributed by atoms with Crippen LogP contribution in [0.4, 0.5) is 0 Å². The number of hydrogen-bond acceptors (Lipinski definition) is 6. The van der Waals surface area contributed by atoms with Crippen molar-refractivity contribution in [2.24, 2.45) is 0 Å². The van der Waals surface area contributed by atoms with Gasteiger partial charge >= 0.3 is 5.97 Å². The lowest BCUT2D eigenvalue weighted by atomic mass is 9.84. The molecule has 2 aliphatic heterocycles. The Morgan fingerprint density at radius 2 is 2.12 bits per heavy atom. The molecule has 0 aliphatic carbocycles. The van der Waals surface area contributed by atoms with Crippen LogP contribution in [0.15, 0.2) is 27.9 Å². The largest absolute Gasteiger partial charge is 0.461 e. The van der Waals surface area contributed by atoms with E-state index in [1.807, 2.05) is 12.3 Å². The molecule has 1 aromatic carbocycles. The summed E-state index contributed by atoms with van der Waals surface area (Å²) in [4.78, 5) is 24.7. The van der Waals surface area contributed by atoms with Crippen LogP contribution in [0.1, 0.15) is 24.8 Å². The standard InChI is InChI=1S/C17H18BrNO5S/c1-9-16(17(21)22-3-4-25-2)11(6-15(20)19-9)10-5-13-14(7-12(10)18)24-8-23-13/h5,7,11H,3-4,6,8H2,1-2H3,(H,19,20)/t11-/m0/s1. The van der Waals surface area contributed by atoms with Crippen LogP contribution < -0.4 is 14.8 Å². The van der Waals surface area contributed by atoms with E-state index in [-0.39, 0.29) is 19.1 Å². The molecular weight excluding hydrogens is 410 g/mol. The Balaban J connectivity index is 1.96. The number of amides is 1. The second kappa shape index (κ2) is 7.70. The van der Waals surface area contributed by atoms with Gasteiger partial charge in [-0.15, -0.1) is 0 Å².